The number of amides is 2. The van der Waals surface area contributed by atoms with Crippen molar-refractivity contribution < 1.29 is 9.59 Å². The van der Waals surface area contributed by atoms with E-state index in [-0.39, 0.29) is 23.1 Å². The summed E-state index contributed by atoms with van der Waals surface area (Å²) < 4.78 is 0. The molecule has 1 aliphatic carbocycles. The fourth-order valence-electron chi connectivity index (χ4n) is 4.44. The second-order valence-electron chi connectivity index (χ2n) is 7.83. The molecule has 1 saturated carbocycles. The zero-order valence-electron chi connectivity index (χ0n) is 14.7. The lowest BCUT2D eigenvalue weighted by atomic mass is 9.92. The first kappa shape index (κ1) is 16.6. The van der Waals surface area contributed by atoms with Crippen molar-refractivity contribution in [3.63, 3.8) is 0 Å². The normalized spacial score (nSPS) is 24.6. The fraction of sp³-hybridized carbons (Fsp3) is 0.600. The first-order chi connectivity index (χ1) is 12.2. The number of hydrogen-bond donors (Lipinski definition) is 2. The summed E-state index contributed by atoms with van der Waals surface area (Å²) in [5.41, 5.74) is 2.54. The Morgan fingerprint density at radius 2 is 2.08 bits per heavy atom. The van der Waals surface area contributed by atoms with Gasteiger partial charge in [-0.1, -0.05) is 24.3 Å². The van der Waals surface area contributed by atoms with Crippen molar-refractivity contribution in [1.29, 1.82) is 0 Å². The molecular formula is C20H27N3O2. The molecule has 1 atom stereocenters. The molecular weight excluding hydrogens is 314 g/mol. The molecule has 134 valence electrons. The number of rotatable bonds is 5. The minimum absolute atomic E-state index is 0.208. The number of hydrogen-bond acceptors (Lipinski definition) is 3. The molecule has 0 radical (unpaired) electrons. The first-order valence-corrected chi connectivity index (χ1v) is 9.50. The van der Waals surface area contributed by atoms with Gasteiger partial charge in [0.05, 0.1) is 0 Å². The van der Waals surface area contributed by atoms with E-state index in [0.717, 1.165) is 56.4 Å². The van der Waals surface area contributed by atoms with E-state index in [4.69, 9.17) is 0 Å². The maximum atomic E-state index is 12.5. The Morgan fingerprint density at radius 1 is 1.28 bits per heavy atom. The van der Waals surface area contributed by atoms with Crippen LogP contribution in [0.5, 0.6) is 0 Å². The molecule has 1 spiro atoms. The van der Waals surface area contributed by atoms with Crippen LogP contribution in [0, 0.1) is 11.3 Å². The largest absolute Gasteiger partial charge is 0.352 e. The van der Waals surface area contributed by atoms with Gasteiger partial charge < -0.3 is 15.5 Å². The average molecular weight is 341 g/mol. The number of carbonyl (C=O) groups excluding carboxylic acids is 2. The molecule has 0 aromatic heterocycles. The van der Waals surface area contributed by atoms with Crippen molar-refractivity contribution in [1.82, 2.24) is 15.5 Å². The Kier molecular flexibility index (Phi) is 4.50. The van der Waals surface area contributed by atoms with Gasteiger partial charge in [0.25, 0.3) is 0 Å². The Morgan fingerprint density at radius 3 is 2.84 bits per heavy atom. The molecule has 5 nitrogen and oxygen atoms in total. The Bertz CT molecular complexity index is 667. The highest BCUT2D eigenvalue weighted by atomic mass is 16.2. The van der Waals surface area contributed by atoms with Crippen molar-refractivity contribution in [2.45, 2.75) is 45.2 Å². The summed E-state index contributed by atoms with van der Waals surface area (Å²) in [6, 6.07) is 8.23. The molecule has 3 fully saturated rings. The molecule has 1 unspecified atom stereocenters. The van der Waals surface area contributed by atoms with Gasteiger partial charge in [0, 0.05) is 32.0 Å². The van der Waals surface area contributed by atoms with E-state index >= 15 is 0 Å². The van der Waals surface area contributed by atoms with Crippen LogP contribution in [0.25, 0.3) is 0 Å². The van der Waals surface area contributed by atoms with E-state index in [1.165, 1.54) is 0 Å². The van der Waals surface area contributed by atoms with Crippen molar-refractivity contribution in [3.05, 3.63) is 35.4 Å². The zero-order valence-corrected chi connectivity index (χ0v) is 14.7. The van der Waals surface area contributed by atoms with Crippen molar-refractivity contribution in [3.8, 4) is 0 Å². The number of likely N-dealkylation sites (tertiary alicyclic amines) is 1. The van der Waals surface area contributed by atoms with Crippen molar-refractivity contribution in [2.75, 3.05) is 19.6 Å². The molecule has 2 heterocycles. The molecule has 2 saturated heterocycles. The van der Waals surface area contributed by atoms with Crippen LogP contribution in [0.3, 0.4) is 0 Å². The predicted octanol–water partition coefficient (Wildman–Crippen LogP) is 1.81. The summed E-state index contributed by atoms with van der Waals surface area (Å²) in [4.78, 5) is 26.2. The summed E-state index contributed by atoms with van der Waals surface area (Å²) in [7, 11) is 0. The minimum Gasteiger partial charge on any atom is -0.352 e. The van der Waals surface area contributed by atoms with Gasteiger partial charge >= 0.3 is 0 Å². The Hall–Kier alpha value is -1.88. The number of piperidine rings is 1. The second kappa shape index (κ2) is 6.79. The van der Waals surface area contributed by atoms with E-state index in [2.05, 4.69) is 22.8 Å². The third-order valence-corrected chi connectivity index (χ3v) is 6.11. The fourth-order valence-corrected chi connectivity index (χ4v) is 4.44. The lowest BCUT2D eigenvalue weighted by molar-refractivity contribution is -0.128. The zero-order chi connectivity index (χ0) is 17.3. The predicted molar refractivity (Wildman–Crippen MR) is 95.6 cm³/mol. The number of nitrogens with zero attached hydrogens (tertiary/aromatic N) is 1. The van der Waals surface area contributed by atoms with Gasteiger partial charge in [-0.05, 0) is 55.3 Å². The number of benzene rings is 1. The molecule has 2 amide bonds. The molecule has 1 aromatic rings. The smallest absolute Gasteiger partial charge is 0.223 e. The summed E-state index contributed by atoms with van der Waals surface area (Å²) in [5.74, 6) is 0.668. The lowest BCUT2D eigenvalue weighted by Gasteiger charge is -2.23. The van der Waals surface area contributed by atoms with Gasteiger partial charge in [-0.3, -0.25) is 9.59 Å². The van der Waals surface area contributed by atoms with Crippen LogP contribution in [0.4, 0.5) is 0 Å². The summed E-state index contributed by atoms with van der Waals surface area (Å²) in [6.45, 7) is 4.20. The van der Waals surface area contributed by atoms with Crippen LogP contribution < -0.4 is 10.6 Å². The van der Waals surface area contributed by atoms with E-state index in [1.807, 2.05) is 17.0 Å². The van der Waals surface area contributed by atoms with E-state index in [0.29, 0.717) is 19.5 Å². The quantitative estimate of drug-likeness (QED) is 0.859. The maximum absolute atomic E-state index is 12.5. The third kappa shape index (κ3) is 3.56. The molecule has 0 bridgehead atoms. The minimum atomic E-state index is 0.208. The van der Waals surface area contributed by atoms with Crippen LogP contribution >= 0.6 is 0 Å². The van der Waals surface area contributed by atoms with Crippen LogP contribution in [-0.2, 0) is 22.7 Å². The molecule has 2 N–H and O–H groups in total. The molecule has 25 heavy (non-hydrogen) atoms. The van der Waals surface area contributed by atoms with Crippen LogP contribution in [0.15, 0.2) is 24.3 Å². The Balaban J connectivity index is 1.30. The van der Waals surface area contributed by atoms with Gasteiger partial charge in [-0.15, -0.1) is 0 Å². The monoisotopic (exact) mass is 341 g/mol. The molecule has 4 rings (SSSR count). The van der Waals surface area contributed by atoms with E-state index < -0.39 is 0 Å². The van der Waals surface area contributed by atoms with Crippen LogP contribution in [0.1, 0.15) is 43.2 Å². The molecule has 5 heteroatoms. The highest BCUT2D eigenvalue weighted by Crippen LogP contribution is 2.58. The standard InChI is InChI=1S/C20H27N3O2/c24-18-5-2-10-23(18)14-16-4-1-3-15(11-16)13-22-19(25)17-12-20(17)6-8-21-9-7-20/h1,3-4,11,17,21H,2,5-10,12-14H2,(H,22,25). The van der Waals surface area contributed by atoms with E-state index in [1.54, 1.807) is 0 Å². The highest BCUT2D eigenvalue weighted by Gasteiger charge is 2.57. The van der Waals surface area contributed by atoms with Gasteiger partial charge in [0.1, 0.15) is 0 Å². The van der Waals surface area contributed by atoms with Gasteiger partial charge in [0.2, 0.25) is 11.8 Å². The number of carbonyl (C=O) groups is 2. The second-order valence-corrected chi connectivity index (χ2v) is 7.83. The average Bonchev–Trinajstić information content (AvgIpc) is 3.17. The molecule has 2 aliphatic heterocycles. The lowest BCUT2D eigenvalue weighted by Crippen LogP contribution is -2.33. The first-order valence-electron chi connectivity index (χ1n) is 9.50. The third-order valence-electron chi connectivity index (χ3n) is 6.11. The topological polar surface area (TPSA) is 61.4 Å². The SMILES string of the molecule is O=C(NCc1cccc(CN2CCCC2=O)c1)C1CC12CCNCC2. The van der Waals surface area contributed by atoms with Gasteiger partial charge in [-0.25, -0.2) is 0 Å². The summed E-state index contributed by atoms with van der Waals surface area (Å²) in [5, 5.41) is 6.50. The van der Waals surface area contributed by atoms with Gasteiger partial charge in [-0.2, -0.15) is 0 Å². The molecule has 3 aliphatic rings. The summed E-state index contributed by atoms with van der Waals surface area (Å²) >= 11 is 0. The van der Waals surface area contributed by atoms with Gasteiger partial charge in [0.15, 0.2) is 0 Å². The summed E-state index contributed by atoms with van der Waals surface area (Å²) in [6.07, 6.45) is 4.95. The van der Waals surface area contributed by atoms with Crippen molar-refractivity contribution in [2.24, 2.45) is 11.3 Å². The highest BCUT2D eigenvalue weighted by molar-refractivity contribution is 5.82. The Labute approximate surface area is 149 Å². The molecule has 1 aromatic carbocycles. The maximum Gasteiger partial charge on any atom is 0.223 e. The van der Waals surface area contributed by atoms with Crippen molar-refractivity contribution >= 4 is 11.8 Å². The van der Waals surface area contributed by atoms with Crippen LogP contribution in [0.2, 0.25) is 0 Å². The number of nitrogens with one attached hydrogen (secondary N) is 2. The van der Waals surface area contributed by atoms with Crippen LogP contribution in [-0.4, -0.2) is 36.3 Å². The van der Waals surface area contributed by atoms with E-state index in [9.17, 15) is 9.59 Å².